The molecule has 1 aromatic carbocycles. The number of nitrogens with one attached hydrogen (secondary N) is 1. The Morgan fingerprint density at radius 2 is 1.74 bits per heavy atom. The van der Waals surface area contributed by atoms with E-state index in [1.165, 1.54) is 35.5 Å². The summed E-state index contributed by atoms with van der Waals surface area (Å²) in [6.45, 7) is 5.84. The van der Waals surface area contributed by atoms with Crippen LogP contribution in [0, 0.1) is 6.92 Å². The summed E-state index contributed by atoms with van der Waals surface area (Å²) in [5.41, 5.74) is 0.836. The summed E-state index contributed by atoms with van der Waals surface area (Å²) in [7, 11) is -3.57. The van der Waals surface area contributed by atoms with Gasteiger partial charge in [0.25, 0.3) is 5.91 Å². The molecule has 0 unspecified atom stereocenters. The first-order chi connectivity index (χ1) is 14.7. The topological polar surface area (TPSA) is 110 Å². The van der Waals surface area contributed by atoms with Crippen LogP contribution in [0.5, 0.6) is 0 Å². The van der Waals surface area contributed by atoms with Crippen molar-refractivity contribution in [3.8, 4) is 0 Å². The number of amides is 1. The van der Waals surface area contributed by atoms with Crippen molar-refractivity contribution in [2.24, 2.45) is 0 Å². The quantitative estimate of drug-likeness (QED) is 0.496. The van der Waals surface area contributed by atoms with Gasteiger partial charge in [-0.05, 0) is 63.4 Å². The number of benzene rings is 1. The minimum absolute atomic E-state index is 0.129. The molecule has 0 bridgehead atoms. The van der Waals surface area contributed by atoms with Crippen LogP contribution < -0.4 is 5.32 Å². The van der Waals surface area contributed by atoms with Gasteiger partial charge in [-0.15, -0.1) is 11.3 Å². The normalized spacial score (nSPS) is 14.4. The second kappa shape index (κ2) is 9.29. The Bertz CT molecular complexity index is 1110. The van der Waals surface area contributed by atoms with Crippen molar-refractivity contribution in [2.45, 2.75) is 38.5 Å². The fourth-order valence-electron chi connectivity index (χ4n) is 3.42. The molecule has 0 spiro atoms. The fraction of sp³-hybridized carbons (Fsp3) is 0.381. The highest BCUT2D eigenvalue weighted by Gasteiger charge is 2.28. The number of hydrogen-bond acceptors (Lipinski definition) is 7. The first-order valence-corrected chi connectivity index (χ1v) is 12.2. The van der Waals surface area contributed by atoms with Crippen LogP contribution in [-0.4, -0.2) is 50.1 Å². The minimum Gasteiger partial charge on any atom is -0.462 e. The van der Waals surface area contributed by atoms with Gasteiger partial charge in [0.1, 0.15) is 5.00 Å². The molecule has 1 amide bonds. The first kappa shape index (κ1) is 23.1. The van der Waals surface area contributed by atoms with Crippen LogP contribution in [0.4, 0.5) is 5.00 Å². The zero-order chi connectivity index (χ0) is 22.8. The number of nitrogens with zero attached hydrogens (tertiary/aromatic N) is 1. The highest BCUT2D eigenvalue weighted by Crippen LogP contribution is 2.34. The van der Waals surface area contributed by atoms with E-state index in [4.69, 9.17) is 4.74 Å². The molecule has 1 saturated heterocycles. The maximum Gasteiger partial charge on any atom is 0.341 e. The van der Waals surface area contributed by atoms with Gasteiger partial charge in [0.05, 0.1) is 21.9 Å². The molecule has 2 aromatic rings. The van der Waals surface area contributed by atoms with E-state index in [9.17, 15) is 22.8 Å². The third kappa shape index (κ3) is 4.70. The molecule has 0 saturated carbocycles. The average Bonchev–Trinajstić information content (AvgIpc) is 3.37. The molecule has 0 atom stereocenters. The van der Waals surface area contributed by atoms with Crippen LogP contribution in [0.3, 0.4) is 0 Å². The summed E-state index contributed by atoms with van der Waals surface area (Å²) in [5.74, 6) is -1.36. The van der Waals surface area contributed by atoms with E-state index < -0.39 is 21.9 Å². The molecule has 1 aliphatic rings. The lowest BCUT2D eigenvalue weighted by Gasteiger charge is -2.15. The van der Waals surface area contributed by atoms with Gasteiger partial charge < -0.3 is 10.1 Å². The molecule has 8 nitrogen and oxygen atoms in total. The van der Waals surface area contributed by atoms with E-state index in [0.717, 1.165) is 24.2 Å². The van der Waals surface area contributed by atoms with Crippen molar-refractivity contribution in [3.63, 3.8) is 0 Å². The Morgan fingerprint density at radius 3 is 2.29 bits per heavy atom. The van der Waals surface area contributed by atoms with Crippen LogP contribution in [0.2, 0.25) is 0 Å². The Kier molecular flexibility index (Phi) is 6.93. The van der Waals surface area contributed by atoms with E-state index in [-0.39, 0.29) is 33.4 Å². The van der Waals surface area contributed by atoms with E-state index >= 15 is 0 Å². The highest BCUT2D eigenvalue weighted by molar-refractivity contribution is 7.89. The zero-order valence-electron chi connectivity index (χ0n) is 17.6. The number of ether oxygens (including phenoxy) is 1. The van der Waals surface area contributed by atoms with Crippen molar-refractivity contribution in [1.82, 2.24) is 4.31 Å². The van der Waals surface area contributed by atoms with Crippen molar-refractivity contribution in [2.75, 3.05) is 25.0 Å². The number of anilines is 1. The van der Waals surface area contributed by atoms with Gasteiger partial charge in [-0.2, -0.15) is 4.31 Å². The van der Waals surface area contributed by atoms with E-state index in [1.807, 2.05) is 0 Å². The van der Waals surface area contributed by atoms with Crippen LogP contribution in [0.15, 0.2) is 29.2 Å². The molecule has 10 heteroatoms. The second-order valence-electron chi connectivity index (χ2n) is 7.13. The number of ketones is 1. The van der Waals surface area contributed by atoms with Gasteiger partial charge in [-0.25, -0.2) is 13.2 Å². The molecule has 0 aliphatic carbocycles. The Balaban J connectivity index is 1.85. The molecule has 31 heavy (non-hydrogen) atoms. The van der Waals surface area contributed by atoms with Crippen LogP contribution >= 0.6 is 11.3 Å². The smallest absolute Gasteiger partial charge is 0.341 e. The van der Waals surface area contributed by atoms with Crippen molar-refractivity contribution in [3.05, 3.63) is 45.8 Å². The summed E-state index contributed by atoms with van der Waals surface area (Å²) >= 11 is 1.01. The molecular weight excluding hydrogens is 440 g/mol. The molecule has 1 aliphatic heterocycles. The van der Waals surface area contributed by atoms with Gasteiger partial charge in [-0.1, -0.05) is 0 Å². The summed E-state index contributed by atoms with van der Waals surface area (Å²) in [5, 5.41) is 2.88. The standard InChI is InChI=1S/C21H24N2O6S2/c1-4-29-21(26)17-13(2)18(14(3)24)30-20(17)22-19(25)15-7-9-16(10-8-15)31(27,28)23-11-5-6-12-23/h7-10H,4-6,11-12H2,1-3H3,(H,22,25). The lowest BCUT2D eigenvalue weighted by Crippen LogP contribution is -2.27. The highest BCUT2D eigenvalue weighted by atomic mass is 32.2. The molecule has 166 valence electrons. The number of hydrogen-bond donors (Lipinski definition) is 1. The largest absolute Gasteiger partial charge is 0.462 e. The van der Waals surface area contributed by atoms with E-state index in [2.05, 4.69) is 5.32 Å². The van der Waals surface area contributed by atoms with Gasteiger partial charge >= 0.3 is 5.97 Å². The first-order valence-electron chi connectivity index (χ1n) is 9.89. The van der Waals surface area contributed by atoms with E-state index in [0.29, 0.717) is 23.5 Å². The molecular formula is C21H24N2O6S2. The Morgan fingerprint density at radius 1 is 1.13 bits per heavy atom. The molecule has 1 aromatic heterocycles. The fourth-order valence-corrected chi connectivity index (χ4v) is 6.02. The lowest BCUT2D eigenvalue weighted by molar-refractivity contribution is 0.0527. The number of esters is 1. The third-order valence-electron chi connectivity index (χ3n) is 4.99. The minimum atomic E-state index is -3.57. The molecule has 0 radical (unpaired) electrons. The van der Waals surface area contributed by atoms with Gasteiger partial charge in [-0.3, -0.25) is 9.59 Å². The predicted molar refractivity (Wildman–Crippen MR) is 117 cm³/mol. The Labute approximate surface area is 185 Å². The van der Waals surface area contributed by atoms with Crippen LogP contribution in [-0.2, 0) is 14.8 Å². The SMILES string of the molecule is CCOC(=O)c1c(NC(=O)c2ccc(S(=O)(=O)N3CCCC3)cc2)sc(C(C)=O)c1C. The predicted octanol–water partition coefficient (Wildman–Crippen LogP) is 3.47. The summed E-state index contributed by atoms with van der Waals surface area (Å²) in [4.78, 5) is 37.5. The number of sulfonamides is 1. The average molecular weight is 465 g/mol. The number of carbonyl (C=O) groups is 3. The van der Waals surface area contributed by atoms with Gasteiger partial charge in [0.15, 0.2) is 5.78 Å². The van der Waals surface area contributed by atoms with Crippen LogP contribution in [0.1, 0.15) is 62.6 Å². The van der Waals surface area contributed by atoms with Crippen molar-refractivity contribution in [1.29, 1.82) is 0 Å². The second-order valence-corrected chi connectivity index (χ2v) is 10.1. The monoisotopic (exact) mass is 464 g/mol. The summed E-state index contributed by atoms with van der Waals surface area (Å²) in [6.07, 6.45) is 1.68. The molecule has 3 rings (SSSR count). The van der Waals surface area contributed by atoms with E-state index in [1.54, 1.807) is 13.8 Å². The number of Topliss-reactive ketones (excluding diaryl/α,β-unsaturated/α-hetero) is 1. The van der Waals surface area contributed by atoms with Gasteiger partial charge in [0, 0.05) is 18.7 Å². The summed E-state index contributed by atoms with van der Waals surface area (Å²) < 4.78 is 31.8. The number of carbonyl (C=O) groups excluding carboxylic acids is 3. The van der Waals surface area contributed by atoms with Crippen molar-refractivity contribution < 1.29 is 27.5 Å². The maximum atomic E-state index is 12.8. The third-order valence-corrected chi connectivity index (χ3v) is 8.21. The molecule has 2 heterocycles. The maximum absolute atomic E-state index is 12.8. The number of rotatable bonds is 7. The number of thiophene rings is 1. The Hall–Kier alpha value is -2.56. The summed E-state index contributed by atoms with van der Waals surface area (Å²) in [6, 6.07) is 5.65. The molecule has 1 N–H and O–H groups in total. The zero-order valence-corrected chi connectivity index (χ0v) is 19.2. The van der Waals surface area contributed by atoms with Crippen LogP contribution in [0.25, 0.3) is 0 Å². The van der Waals surface area contributed by atoms with Gasteiger partial charge in [0.2, 0.25) is 10.0 Å². The van der Waals surface area contributed by atoms with Crippen molar-refractivity contribution >= 4 is 44.0 Å². The molecule has 1 fully saturated rings. The lowest BCUT2D eigenvalue weighted by atomic mass is 10.1.